The average Bonchev–Trinajstić information content (AvgIpc) is 3.05. The van der Waals surface area contributed by atoms with Gasteiger partial charge in [0.1, 0.15) is 5.75 Å². The third-order valence-corrected chi connectivity index (χ3v) is 7.55. The van der Waals surface area contributed by atoms with Crippen molar-refractivity contribution in [3.63, 3.8) is 0 Å². The van der Waals surface area contributed by atoms with Gasteiger partial charge in [-0.25, -0.2) is 13.2 Å². The van der Waals surface area contributed by atoms with Crippen molar-refractivity contribution < 1.29 is 22.7 Å². The summed E-state index contributed by atoms with van der Waals surface area (Å²) in [5, 5.41) is 0. The number of hydrogen-bond acceptors (Lipinski definition) is 5. The molecule has 2 amide bonds. The van der Waals surface area contributed by atoms with E-state index in [4.69, 9.17) is 9.47 Å². The molecule has 1 aromatic carbocycles. The summed E-state index contributed by atoms with van der Waals surface area (Å²) in [6.07, 6.45) is 1.69. The topological polar surface area (TPSA) is 79.4 Å². The van der Waals surface area contributed by atoms with Crippen LogP contribution in [-0.4, -0.2) is 87.1 Å². The highest BCUT2D eigenvalue weighted by molar-refractivity contribution is 7.89. The zero-order chi connectivity index (χ0) is 19.0. The summed E-state index contributed by atoms with van der Waals surface area (Å²) in [6, 6.07) is 6.56. The van der Waals surface area contributed by atoms with Gasteiger partial charge < -0.3 is 19.3 Å². The lowest BCUT2D eigenvalue weighted by Crippen LogP contribution is -2.53. The first-order chi connectivity index (χ1) is 13.0. The normalized spacial score (nSPS) is 24.9. The lowest BCUT2D eigenvalue weighted by Gasteiger charge is -2.35. The zero-order valence-electron chi connectivity index (χ0n) is 15.4. The van der Waals surface area contributed by atoms with Crippen LogP contribution >= 0.6 is 0 Å². The molecule has 0 radical (unpaired) electrons. The van der Waals surface area contributed by atoms with Crippen molar-refractivity contribution in [2.45, 2.75) is 29.8 Å². The van der Waals surface area contributed by atoms with Crippen LogP contribution in [0.4, 0.5) is 4.79 Å². The first-order valence-electron chi connectivity index (χ1n) is 9.30. The Bertz CT molecular complexity index is 792. The molecule has 3 fully saturated rings. The Morgan fingerprint density at radius 1 is 1.00 bits per heavy atom. The Morgan fingerprint density at radius 2 is 1.70 bits per heavy atom. The maximum Gasteiger partial charge on any atom is 0.320 e. The molecule has 1 atom stereocenters. The van der Waals surface area contributed by atoms with E-state index in [1.54, 1.807) is 31.4 Å². The van der Waals surface area contributed by atoms with Gasteiger partial charge in [0.15, 0.2) is 0 Å². The van der Waals surface area contributed by atoms with Crippen LogP contribution in [0.2, 0.25) is 0 Å². The Balaban J connectivity index is 1.48. The van der Waals surface area contributed by atoms with Gasteiger partial charge in [0.25, 0.3) is 0 Å². The second kappa shape index (κ2) is 7.29. The smallest absolute Gasteiger partial charge is 0.320 e. The minimum Gasteiger partial charge on any atom is -0.497 e. The number of nitrogens with zero attached hydrogens (tertiary/aromatic N) is 3. The molecule has 1 aromatic rings. The Morgan fingerprint density at radius 3 is 2.37 bits per heavy atom. The van der Waals surface area contributed by atoms with Gasteiger partial charge in [-0.15, -0.1) is 0 Å². The summed E-state index contributed by atoms with van der Waals surface area (Å²) < 4.78 is 38.0. The highest BCUT2D eigenvalue weighted by Crippen LogP contribution is 2.29. The van der Waals surface area contributed by atoms with E-state index in [1.165, 1.54) is 4.31 Å². The molecule has 0 saturated carbocycles. The largest absolute Gasteiger partial charge is 0.497 e. The molecule has 3 saturated heterocycles. The molecule has 9 heteroatoms. The minimum absolute atomic E-state index is 0.0356. The summed E-state index contributed by atoms with van der Waals surface area (Å²) in [4.78, 5) is 16.8. The van der Waals surface area contributed by atoms with E-state index in [9.17, 15) is 13.2 Å². The van der Waals surface area contributed by atoms with Crippen LogP contribution in [0.1, 0.15) is 12.8 Å². The summed E-state index contributed by atoms with van der Waals surface area (Å²) in [6.45, 7) is 3.02. The molecule has 0 aromatic heterocycles. The molecule has 0 N–H and O–H groups in total. The molecule has 0 aliphatic carbocycles. The highest BCUT2D eigenvalue weighted by Gasteiger charge is 2.45. The average molecular weight is 395 g/mol. The highest BCUT2D eigenvalue weighted by atomic mass is 32.2. The van der Waals surface area contributed by atoms with Crippen molar-refractivity contribution in [1.82, 2.24) is 14.1 Å². The van der Waals surface area contributed by atoms with Crippen LogP contribution < -0.4 is 4.74 Å². The van der Waals surface area contributed by atoms with E-state index in [-0.39, 0.29) is 23.0 Å². The number of urea groups is 1. The predicted octanol–water partition coefficient (Wildman–Crippen LogP) is 0.985. The molecule has 4 rings (SSSR count). The predicted molar refractivity (Wildman–Crippen MR) is 98.2 cm³/mol. The fraction of sp³-hybridized carbons (Fsp3) is 0.611. The number of benzene rings is 1. The number of sulfonamides is 1. The van der Waals surface area contributed by atoms with Crippen molar-refractivity contribution in [1.29, 1.82) is 0 Å². The van der Waals surface area contributed by atoms with E-state index in [0.29, 0.717) is 45.1 Å². The summed E-state index contributed by atoms with van der Waals surface area (Å²) in [7, 11) is -2.04. The van der Waals surface area contributed by atoms with Crippen molar-refractivity contribution >= 4 is 16.1 Å². The summed E-state index contributed by atoms with van der Waals surface area (Å²) in [5.74, 6) is 0.618. The van der Waals surface area contributed by atoms with E-state index in [0.717, 1.165) is 12.8 Å². The number of rotatable bonds is 4. The number of hydrogen-bond donors (Lipinski definition) is 0. The van der Waals surface area contributed by atoms with E-state index < -0.39 is 10.0 Å². The molecular formula is C18H25N3O5S. The molecule has 3 heterocycles. The van der Waals surface area contributed by atoms with Gasteiger partial charge in [-0.2, -0.15) is 4.31 Å². The Labute approximate surface area is 159 Å². The van der Waals surface area contributed by atoms with Crippen LogP contribution in [0.15, 0.2) is 29.2 Å². The van der Waals surface area contributed by atoms with Crippen LogP contribution in [0.3, 0.4) is 0 Å². The lowest BCUT2D eigenvalue weighted by molar-refractivity contribution is 0.0504. The number of fused-ring (bicyclic) bond motifs is 1. The standard InChI is InChI=1S/C18H25N3O5S/c1-25-16-2-4-17(5-3-16)27(23,24)19-8-9-20-15(12-19)13-21(18(20)22)14-6-10-26-11-7-14/h2-5,14-15H,6-13H2,1H3/t15-/m1/s1. The van der Waals surface area contributed by atoms with E-state index in [1.807, 2.05) is 9.80 Å². The van der Waals surface area contributed by atoms with Gasteiger partial charge >= 0.3 is 6.03 Å². The van der Waals surface area contributed by atoms with Gasteiger partial charge in [-0.05, 0) is 37.1 Å². The van der Waals surface area contributed by atoms with Gasteiger partial charge in [-0.3, -0.25) is 0 Å². The number of piperazine rings is 1. The van der Waals surface area contributed by atoms with Crippen LogP contribution in [0.5, 0.6) is 5.75 Å². The first kappa shape index (κ1) is 18.5. The van der Waals surface area contributed by atoms with Crippen molar-refractivity contribution in [3.05, 3.63) is 24.3 Å². The first-order valence-corrected chi connectivity index (χ1v) is 10.7. The fourth-order valence-corrected chi connectivity index (χ4v) is 5.59. The van der Waals surface area contributed by atoms with Gasteiger partial charge in [0, 0.05) is 45.4 Å². The second-order valence-corrected chi connectivity index (χ2v) is 9.10. The maximum absolute atomic E-state index is 13.0. The SMILES string of the molecule is COc1ccc(S(=O)(=O)N2CCN3C(=O)N(C4CCOCC4)C[C@H]3C2)cc1. The monoisotopic (exact) mass is 395 g/mol. The molecular weight excluding hydrogens is 370 g/mol. The molecule has 8 nitrogen and oxygen atoms in total. The van der Waals surface area contributed by atoms with Crippen LogP contribution in [0, 0.1) is 0 Å². The van der Waals surface area contributed by atoms with Crippen molar-refractivity contribution in [2.24, 2.45) is 0 Å². The Kier molecular flexibility index (Phi) is 5.00. The van der Waals surface area contributed by atoms with Crippen LogP contribution in [-0.2, 0) is 14.8 Å². The van der Waals surface area contributed by atoms with Crippen molar-refractivity contribution in [2.75, 3.05) is 46.5 Å². The molecule has 27 heavy (non-hydrogen) atoms. The van der Waals surface area contributed by atoms with Crippen LogP contribution in [0.25, 0.3) is 0 Å². The number of ether oxygens (including phenoxy) is 2. The Hall–Kier alpha value is -1.84. The molecule has 148 valence electrons. The molecule has 0 spiro atoms. The minimum atomic E-state index is -3.58. The van der Waals surface area contributed by atoms with Gasteiger partial charge in [-0.1, -0.05) is 0 Å². The number of amides is 2. The zero-order valence-corrected chi connectivity index (χ0v) is 16.2. The lowest BCUT2D eigenvalue weighted by atomic mass is 10.1. The maximum atomic E-state index is 13.0. The molecule has 3 aliphatic rings. The molecule has 0 bridgehead atoms. The van der Waals surface area contributed by atoms with E-state index in [2.05, 4.69) is 0 Å². The molecule has 3 aliphatic heterocycles. The molecule has 0 unspecified atom stereocenters. The summed E-state index contributed by atoms with van der Waals surface area (Å²) in [5.41, 5.74) is 0. The van der Waals surface area contributed by atoms with Crippen molar-refractivity contribution in [3.8, 4) is 5.75 Å². The number of carbonyl (C=O) groups excluding carboxylic acids is 1. The summed E-state index contributed by atoms with van der Waals surface area (Å²) >= 11 is 0. The quantitative estimate of drug-likeness (QED) is 0.760. The van der Waals surface area contributed by atoms with Gasteiger partial charge in [0.2, 0.25) is 10.0 Å². The number of methoxy groups -OCH3 is 1. The second-order valence-electron chi connectivity index (χ2n) is 7.16. The third kappa shape index (κ3) is 3.39. The fourth-order valence-electron chi connectivity index (χ4n) is 4.12. The van der Waals surface area contributed by atoms with E-state index >= 15 is 0 Å². The third-order valence-electron chi connectivity index (χ3n) is 5.67. The number of carbonyl (C=O) groups is 1. The van der Waals surface area contributed by atoms with Gasteiger partial charge in [0.05, 0.1) is 18.0 Å².